The number of hydrogen-bond donors (Lipinski definition) is 1. The van der Waals surface area contributed by atoms with Crippen molar-refractivity contribution in [3.63, 3.8) is 0 Å². The summed E-state index contributed by atoms with van der Waals surface area (Å²) in [5.74, 6) is -0.603. The Morgan fingerprint density at radius 3 is 2.52 bits per heavy atom. The van der Waals surface area contributed by atoms with Crippen LogP contribution in [0, 0.1) is 11.8 Å². The summed E-state index contributed by atoms with van der Waals surface area (Å²) in [6.07, 6.45) is 7.58. The molecule has 1 saturated carbocycles. The second kappa shape index (κ2) is 10.7. The molecule has 2 fully saturated rings. The van der Waals surface area contributed by atoms with Crippen molar-refractivity contribution in [3.8, 4) is 0 Å². The topological polar surface area (TPSA) is 76.1 Å². The first kappa shape index (κ1) is 21.8. The minimum atomic E-state index is -0.873. The van der Waals surface area contributed by atoms with Crippen LogP contribution in [0.2, 0.25) is 0 Å². The lowest BCUT2D eigenvalue weighted by Gasteiger charge is -2.35. The molecule has 1 aliphatic heterocycles. The monoisotopic (exact) mass is 403 g/mol. The van der Waals surface area contributed by atoms with Crippen molar-refractivity contribution in [3.05, 3.63) is 35.9 Å². The molecule has 1 N–H and O–H groups in total. The number of hydroxylamine groups is 2. The highest BCUT2D eigenvalue weighted by molar-refractivity contribution is 5.71. The third-order valence-corrected chi connectivity index (χ3v) is 6.49. The molecule has 0 spiro atoms. The van der Waals surface area contributed by atoms with E-state index in [9.17, 15) is 14.7 Å². The molecular weight excluding hydrogens is 370 g/mol. The van der Waals surface area contributed by atoms with E-state index >= 15 is 0 Å². The molecule has 0 aromatic heterocycles. The first-order valence-electron chi connectivity index (χ1n) is 10.9. The van der Waals surface area contributed by atoms with Gasteiger partial charge in [0.25, 0.3) is 0 Å². The molecule has 1 amide bonds. The molecule has 1 aromatic carbocycles. The third kappa shape index (κ3) is 6.03. The number of carboxylic acids is 1. The number of ether oxygens (including phenoxy) is 1. The van der Waals surface area contributed by atoms with Gasteiger partial charge in [0.1, 0.15) is 0 Å². The summed E-state index contributed by atoms with van der Waals surface area (Å²) in [7, 11) is 0. The van der Waals surface area contributed by atoms with Crippen LogP contribution in [0.3, 0.4) is 0 Å². The zero-order valence-electron chi connectivity index (χ0n) is 17.2. The lowest BCUT2D eigenvalue weighted by Crippen LogP contribution is -2.44. The van der Waals surface area contributed by atoms with E-state index in [-0.39, 0.29) is 0 Å². The van der Waals surface area contributed by atoms with Crippen LogP contribution in [0.1, 0.15) is 69.8 Å². The van der Waals surface area contributed by atoms with E-state index in [0.717, 1.165) is 50.0 Å². The van der Waals surface area contributed by atoms with Crippen LogP contribution in [0.15, 0.2) is 30.3 Å². The van der Waals surface area contributed by atoms with Gasteiger partial charge in [-0.1, -0.05) is 30.3 Å². The number of amides is 1. The number of aliphatic carboxylic acids is 1. The van der Waals surface area contributed by atoms with Gasteiger partial charge in [0.2, 0.25) is 6.41 Å². The fourth-order valence-electron chi connectivity index (χ4n) is 4.64. The fraction of sp³-hybridized carbons (Fsp3) is 0.652. The molecule has 1 aliphatic carbocycles. The Morgan fingerprint density at radius 1 is 1.21 bits per heavy atom. The van der Waals surface area contributed by atoms with Crippen molar-refractivity contribution < 1.29 is 24.3 Å². The van der Waals surface area contributed by atoms with Gasteiger partial charge in [0.15, 0.2) is 6.29 Å². The first-order valence-corrected chi connectivity index (χ1v) is 10.9. The van der Waals surface area contributed by atoms with Gasteiger partial charge in [-0.15, -0.1) is 0 Å². The average molecular weight is 404 g/mol. The minimum absolute atomic E-state index is 0.359. The van der Waals surface area contributed by atoms with E-state index in [2.05, 4.69) is 24.3 Å². The Morgan fingerprint density at radius 2 is 1.93 bits per heavy atom. The Hall–Kier alpha value is -1.92. The summed E-state index contributed by atoms with van der Waals surface area (Å²) in [4.78, 5) is 29.3. The molecule has 1 heterocycles. The zero-order chi connectivity index (χ0) is 20.6. The maximum atomic E-state index is 12.0. The molecule has 2 aliphatic rings. The number of hydrogen-bond acceptors (Lipinski definition) is 4. The zero-order valence-corrected chi connectivity index (χ0v) is 17.2. The molecular formula is C23H33NO5. The summed E-state index contributed by atoms with van der Waals surface area (Å²) < 4.78 is 5.53. The molecule has 3 unspecified atom stereocenters. The summed E-state index contributed by atoms with van der Waals surface area (Å²) in [6.45, 7) is 2.37. The van der Waals surface area contributed by atoms with Crippen molar-refractivity contribution in [2.75, 3.05) is 6.61 Å². The Balaban J connectivity index is 1.55. The highest BCUT2D eigenvalue weighted by Crippen LogP contribution is 2.39. The Kier molecular flexibility index (Phi) is 8.07. The fourth-order valence-corrected chi connectivity index (χ4v) is 4.64. The van der Waals surface area contributed by atoms with Crippen molar-refractivity contribution in [1.82, 2.24) is 5.06 Å². The summed E-state index contributed by atoms with van der Waals surface area (Å²) in [5.41, 5.74) is 1.38. The predicted octanol–water partition coefficient (Wildman–Crippen LogP) is 4.36. The highest BCUT2D eigenvalue weighted by atomic mass is 16.8. The summed E-state index contributed by atoms with van der Waals surface area (Å²) >= 11 is 0. The molecule has 1 aromatic rings. The number of carbonyl (C=O) groups is 2. The molecule has 6 nitrogen and oxygen atoms in total. The minimum Gasteiger partial charge on any atom is -0.481 e. The Labute approximate surface area is 173 Å². The van der Waals surface area contributed by atoms with Crippen LogP contribution >= 0.6 is 0 Å². The van der Waals surface area contributed by atoms with Gasteiger partial charge in [-0.3, -0.25) is 9.59 Å². The normalized spacial score (nSPS) is 27.0. The molecule has 3 rings (SSSR count). The average Bonchev–Trinajstić information content (AvgIpc) is 2.77. The van der Waals surface area contributed by atoms with Crippen LogP contribution in [0.5, 0.6) is 0 Å². The van der Waals surface area contributed by atoms with E-state index in [1.807, 2.05) is 6.07 Å². The second-order valence-corrected chi connectivity index (χ2v) is 8.42. The van der Waals surface area contributed by atoms with Crippen LogP contribution in [0.25, 0.3) is 0 Å². The molecule has 0 radical (unpaired) electrons. The highest BCUT2D eigenvalue weighted by Gasteiger charge is 2.35. The van der Waals surface area contributed by atoms with Crippen molar-refractivity contribution in [1.29, 1.82) is 0 Å². The van der Waals surface area contributed by atoms with Crippen molar-refractivity contribution >= 4 is 12.4 Å². The van der Waals surface area contributed by atoms with Crippen LogP contribution < -0.4 is 0 Å². The number of carboxylic acid groups (broad SMARTS) is 1. The molecule has 1 saturated heterocycles. The molecule has 0 bridgehead atoms. The lowest BCUT2D eigenvalue weighted by atomic mass is 9.75. The summed E-state index contributed by atoms with van der Waals surface area (Å²) in [6, 6.07) is 10.0. The van der Waals surface area contributed by atoms with Gasteiger partial charge < -0.3 is 9.84 Å². The van der Waals surface area contributed by atoms with Crippen LogP contribution in [0.4, 0.5) is 0 Å². The third-order valence-electron chi connectivity index (χ3n) is 6.49. The number of nitrogens with zero attached hydrogens (tertiary/aromatic N) is 1. The number of carbonyl (C=O) groups excluding carboxylic acids is 1. The molecule has 3 atom stereocenters. The quantitative estimate of drug-likeness (QED) is 0.490. The van der Waals surface area contributed by atoms with Crippen molar-refractivity contribution in [2.45, 2.75) is 76.5 Å². The number of rotatable bonds is 9. The van der Waals surface area contributed by atoms with Gasteiger partial charge >= 0.3 is 5.97 Å². The Bertz CT molecular complexity index is 638. The molecule has 29 heavy (non-hydrogen) atoms. The van der Waals surface area contributed by atoms with Gasteiger partial charge in [-0.25, -0.2) is 9.90 Å². The van der Waals surface area contributed by atoms with Gasteiger partial charge in [-0.05, 0) is 69.3 Å². The SMILES string of the molecule is CC(C(CC1CCC(c2ccccc2)CC1)C(=O)O)N(C=O)OC1CCCCO1. The number of benzene rings is 1. The maximum absolute atomic E-state index is 12.0. The van der Waals surface area contributed by atoms with Gasteiger partial charge in [-0.2, -0.15) is 0 Å². The lowest BCUT2D eigenvalue weighted by molar-refractivity contribution is -0.288. The van der Waals surface area contributed by atoms with Crippen molar-refractivity contribution in [2.24, 2.45) is 11.8 Å². The predicted molar refractivity (Wildman–Crippen MR) is 109 cm³/mol. The smallest absolute Gasteiger partial charge is 0.308 e. The largest absolute Gasteiger partial charge is 0.481 e. The van der Waals surface area contributed by atoms with E-state index in [1.54, 1.807) is 6.92 Å². The van der Waals surface area contributed by atoms with Gasteiger partial charge in [0, 0.05) is 13.0 Å². The van der Waals surface area contributed by atoms with Crippen LogP contribution in [-0.2, 0) is 19.2 Å². The standard InChI is InChI=1S/C23H33NO5/c1-17(24(16-25)29-22-9-5-6-14-28-22)21(23(26)27)15-18-10-12-20(13-11-18)19-7-3-2-4-8-19/h2-4,7-8,16-18,20-22H,5-6,9-15H2,1H3,(H,26,27). The molecule has 160 valence electrons. The second-order valence-electron chi connectivity index (χ2n) is 8.42. The van der Waals surface area contributed by atoms with E-state index in [4.69, 9.17) is 9.57 Å². The van der Waals surface area contributed by atoms with Gasteiger partial charge in [0.05, 0.1) is 12.0 Å². The van der Waals surface area contributed by atoms with Crippen LogP contribution in [-0.4, -0.2) is 41.5 Å². The van der Waals surface area contributed by atoms with E-state index in [1.165, 1.54) is 5.56 Å². The first-order chi connectivity index (χ1) is 14.1. The molecule has 6 heteroatoms. The summed E-state index contributed by atoms with van der Waals surface area (Å²) in [5, 5.41) is 11.0. The van der Waals surface area contributed by atoms with E-state index < -0.39 is 24.2 Å². The maximum Gasteiger partial charge on any atom is 0.308 e. The van der Waals surface area contributed by atoms with E-state index in [0.29, 0.717) is 31.3 Å².